The number of rotatable bonds is 3. The van der Waals surface area contributed by atoms with E-state index in [0.717, 1.165) is 43.1 Å². The normalized spacial score (nSPS) is 10.7. The molecule has 0 aliphatic carbocycles. The average Bonchev–Trinajstić information content (AvgIpc) is 2.68. The summed E-state index contributed by atoms with van der Waals surface area (Å²) in [5.41, 5.74) is 6.21. The van der Waals surface area contributed by atoms with Crippen molar-refractivity contribution in [2.75, 3.05) is 0 Å². The smallest absolute Gasteiger partial charge is 0.0716 e. The Morgan fingerprint density at radius 1 is 0.577 bits per heavy atom. The van der Waals surface area contributed by atoms with Gasteiger partial charge in [-0.15, -0.1) is 0 Å². The van der Waals surface area contributed by atoms with Crippen LogP contribution in [0.5, 0.6) is 0 Å². The fourth-order valence-electron chi connectivity index (χ4n) is 2.92. The molecule has 3 aromatic carbocycles. The van der Waals surface area contributed by atoms with E-state index in [2.05, 4.69) is 58.4 Å². The molecule has 0 fully saturated rings. The van der Waals surface area contributed by atoms with Crippen LogP contribution in [0.4, 0.5) is 0 Å². The van der Waals surface area contributed by atoms with Gasteiger partial charge in [0.2, 0.25) is 0 Å². The Kier molecular flexibility index (Phi) is 4.87. The molecule has 126 valence electrons. The number of halogens is 2. The predicted octanol–water partition coefficient (Wildman–Crippen LogP) is 7.50. The molecule has 26 heavy (non-hydrogen) atoms. The predicted molar refractivity (Wildman–Crippen MR) is 113 cm³/mol. The van der Waals surface area contributed by atoms with Crippen LogP contribution >= 0.6 is 27.5 Å². The standard InChI is InChI=1S/C23H15BrClN/c24-20-10-4-9-18(12-20)23-15-19(17-8-5-11-21(25)13-17)14-22(26-23)16-6-2-1-3-7-16/h1-15H. The van der Waals surface area contributed by atoms with Gasteiger partial charge in [-0.3, -0.25) is 0 Å². The highest BCUT2D eigenvalue weighted by Crippen LogP contribution is 2.31. The molecular formula is C23H15BrClN. The molecule has 0 radical (unpaired) electrons. The highest BCUT2D eigenvalue weighted by Gasteiger charge is 2.09. The molecule has 0 N–H and O–H groups in total. The molecule has 0 amide bonds. The van der Waals surface area contributed by atoms with Crippen molar-refractivity contribution in [1.82, 2.24) is 4.98 Å². The molecule has 0 unspecified atom stereocenters. The van der Waals surface area contributed by atoms with Gasteiger partial charge in [0.05, 0.1) is 11.4 Å². The first kappa shape index (κ1) is 17.0. The lowest BCUT2D eigenvalue weighted by molar-refractivity contribution is 1.32. The Hall–Kier alpha value is -2.42. The molecule has 4 rings (SSSR count). The molecule has 0 saturated carbocycles. The SMILES string of the molecule is Clc1cccc(-c2cc(-c3ccccc3)nc(-c3cccc(Br)c3)c2)c1. The number of benzene rings is 3. The van der Waals surface area contributed by atoms with Crippen LogP contribution in [0.25, 0.3) is 33.6 Å². The third kappa shape index (κ3) is 3.72. The molecule has 4 aromatic rings. The van der Waals surface area contributed by atoms with Crippen LogP contribution in [0.2, 0.25) is 5.02 Å². The quantitative estimate of drug-likeness (QED) is 0.334. The lowest BCUT2D eigenvalue weighted by Crippen LogP contribution is -1.91. The van der Waals surface area contributed by atoms with Crippen molar-refractivity contribution in [1.29, 1.82) is 0 Å². The van der Waals surface area contributed by atoms with Crippen LogP contribution in [0.1, 0.15) is 0 Å². The first-order valence-electron chi connectivity index (χ1n) is 8.28. The number of nitrogens with zero attached hydrogens (tertiary/aromatic N) is 1. The second-order valence-electron chi connectivity index (χ2n) is 6.01. The minimum Gasteiger partial charge on any atom is -0.248 e. The summed E-state index contributed by atoms with van der Waals surface area (Å²) < 4.78 is 1.03. The van der Waals surface area contributed by atoms with Crippen molar-refractivity contribution in [3.05, 3.63) is 100 Å². The molecule has 0 spiro atoms. The maximum Gasteiger partial charge on any atom is 0.0716 e. The first-order valence-corrected chi connectivity index (χ1v) is 9.45. The molecule has 0 aliphatic rings. The van der Waals surface area contributed by atoms with E-state index >= 15 is 0 Å². The van der Waals surface area contributed by atoms with Gasteiger partial charge in [-0.05, 0) is 47.5 Å². The minimum atomic E-state index is 0.726. The van der Waals surface area contributed by atoms with Gasteiger partial charge < -0.3 is 0 Å². The Morgan fingerprint density at radius 3 is 1.96 bits per heavy atom. The number of hydrogen-bond donors (Lipinski definition) is 0. The second-order valence-corrected chi connectivity index (χ2v) is 7.37. The molecule has 0 aliphatic heterocycles. The number of pyridine rings is 1. The molecule has 0 atom stereocenters. The summed E-state index contributed by atoms with van der Waals surface area (Å²) in [6.07, 6.45) is 0. The second kappa shape index (κ2) is 7.45. The van der Waals surface area contributed by atoms with E-state index in [1.54, 1.807) is 0 Å². The molecule has 1 nitrogen and oxygen atoms in total. The van der Waals surface area contributed by atoms with Gasteiger partial charge in [0.25, 0.3) is 0 Å². The summed E-state index contributed by atoms with van der Waals surface area (Å²) in [5, 5.41) is 0.726. The van der Waals surface area contributed by atoms with Crippen molar-refractivity contribution >= 4 is 27.5 Å². The van der Waals surface area contributed by atoms with E-state index in [-0.39, 0.29) is 0 Å². The summed E-state index contributed by atoms with van der Waals surface area (Å²) in [6, 6.07) is 30.6. The monoisotopic (exact) mass is 419 g/mol. The van der Waals surface area contributed by atoms with Crippen LogP contribution < -0.4 is 0 Å². The number of aromatic nitrogens is 1. The summed E-state index contributed by atoms with van der Waals surface area (Å²) >= 11 is 9.76. The number of hydrogen-bond acceptors (Lipinski definition) is 1. The lowest BCUT2D eigenvalue weighted by atomic mass is 10.00. The third-order valence-corrected chi connectivity index (χ3v) is 4.90. The minimum absolute atomic E-state index is 0.726. The highest BCUT2D eigenvalue weighted by molar-refractivity contribution is 9.10. The van der Waals surface area contributed by atoms with Gasteiger partial charge in [-0.1, -0.05) is 82.1 Å². The van der Waals surface area contributed by atoms with E-state index in [9.17, 15) is 0 Å². The van der Waals surface area contributed by atoms with Crippen molar-refractivity contribution < 1.29 is 0 Å². The van der Waals surface area contributed by atoms with Gasteiger partial charge >= 0.3 is 0 Å². The Balaban J connectivity index is 1.93. The maximum atomic E-state index is 6.21. The molecule has 0 saturated heterocycles. The van der Waals surface area contributed by atoms with Crippen LogP contribution in [0.15, 0.2) is 95.5 Å². The van der Waals surface area contributed by atoms with Gasteiger partial charge in [0.15, 0.2) is 0 Å². The largest absolute Gasteiger partial charge is 0.248 e. The first-order chi connectivity index (χ1) is 12.7. The molecule has 0 bridgehead atoms. The summed E-state index contributed by atoms with van der Waals surface area (Å²) in [7, 11) is 0. The summed E-state index contributed by atoms with van der Waals surface area (Å²) in [6.45, 7) is 0. The van der Waals surface area contributed by atoms with E-state index in [1.807, 2.05) is 48.5 Å². The van der Waals surface area contributed by atoms with Gasteiger partial charge in [0.1, 0.15) is 0 Å². The summed E-state index contributed by atoms with van der Waals surface area (Å²) in [4.78, 5) is 4.91. The van der Waals surface area contributed by atoms with E-state index in [1.165, 1.54) is 0 Å². The molecule has 3 heteroatoms. The fourth-order valence-corrected chi connectivity index (χ4v) is 3.51. The van der Waals surface area contributed by atoms with E-state index in [0.29, 0.717) is 0 Å². The lowest BCUT2D eigenvalue weighted by Gasteiger charge is -2.11. The van der Waals surface area contributed by atoms with E-state index in [4.69, 9.17) is 16.6 Å². The molecule has 1 aromatic heterocycles. The van der Waals surface area contributed by atoms with Crippen molar-refractivity contribution in [3.63, 3.8) is 0 Å². The Morgan fingerprint density at radius 2 is 1.23 bits per heavy atom. The summed E-state index contributed by atoms with van der Waals surface area (Å²) in [5.74, 6) is 0. The average molecular weight is 421 g/mol. The van der Waals surface area contributed by atoms with E-state index < -0.39 is 0 Å². The van der Waals surface area contributed by atoms with Crippen LogP contribution in [-0.4, -0.2) is 4.98 Å². The Labute approximate surface area is 166 Å². The van der Waals surface area contributed by atoms with Gasteiger partial charge in [-0.25, -0.2) is 4.98 Å². The zero-order valence-electron chi connectivity index (χ0n) is 13.9. The zero-order chi connectivity index (χ0) is 17.9. The highest BCUT2D eigenvalue weighted by atomic mass is 79.9. The molecule has 1 heterocycles. The van der Waals surface area contributed by atoms with Crippen LogP contribution in [0.3, 0.4) is 0 Å². The van der Waals surface area contributed by atoms with Gasteiger partial charge in [-0.2, -0.15) is 0 Å². The maximum absolute atomic E-state index is 6.21. The van der Waals surface area contributed by atoms with Crippen molar-refractivity contribution in [2.45, 2.75) is 0 Å². The van der Waals surface area contributed by atoms with Crippen molar-refractivity contribution in [2.24, 2.45) is 0 Å². The van der Waals surface area contributed by atoms with Crippen molar-refractivity contribution in [3.8, 4) is 33.6 Å². The van der Waals surface area contributed by atoms with Crippen LogP contribution in [-0.2, 0) is 0 Å². The van der Waals surface area contributed by atoms with Gasteiger partial charge in [0, 0.05) is 20.6 Å². The van der Waals surface area contributed by atoms with Crippen LogP contribution in [0, 0.1) is 0 Å². The molecular weight excluding hydrogens is 406 g/mol. The topological polar surface area (TPSA) is 12.9 Å². The fraction of sp³-hybridized carbons (Fsp3) is 0. The Bertz CT molecular complexity index is 997. The zero-order valence-corrected chi connectivity index (χ0v) is 16.2. The third-order valence-electron chi connectivity index (χ3n) is 4.17.